The van der Waals surface area contributed by atoms with Gasteiger partial charge in [-0.15, -0.1) is 0 Å². The summed E-state index contributed by atoms with van der Waals surface area (Å²) in [6.07, 6.45) is 3.70. The van der Waals surface area contributed by atoms with Crippen molar-refractivity contribution < 1.29 is 0 Å². The fourth-order valence-corrected chi connectivity index (χ4v) is 2.78. The van der Waals surface area contributed by atoms with Gasteiger partial charge < -0.3 is 15.1 Å². The predicted octanol–water partition coefficient (Wildman–Crippen LogP) is 3.71. The Labute approximate surface area is 150 Å². The van der Waals surface area contributed by atoms with Crippen molar-refractivity contribution in [1.29, 1.82) is 0 Å². The number of rotatable bonds is 6. The molecular formula is C19H26N4S. The number of nitrogens with one attached hydrogen (secondary N) is 1. The van der Waals surface area contributed by atoms with Crippen LogP contribution >= 0.6 is 12.2 Å². The van der Waals surface area contributed by atoms with E-state index >= 15 is 0 Å². The van der Waals surface area contributed by atoms with E-state index < -0.39 is 0 Å². The standard InChI is InChI=1S/C19H26N4S/c1-15-7-9-18(10-8-15)21-19(24)23(13-12-22(3)4)16(2)17-6-5-11-20-14-17/h5-11,14,16H,12-13H2,1-4H3,(H,21,24)/t16-/m0/s1. The van der Waals surface area contributed by atoms with Gasteiger partial charge in [0.25, 0.3) is 0 Å². The van der Waals surface area contributed by atoms with Crippen LogP contribution in [0.25, 0.3) is 0 Å². The minimum Gasteiger partial charge on any atom is -0.341 e. The number of benzene rings is 1. The van der Waals surface area contributed by atoms with Crippen molar-refractivity contribution in [3.63, 3.8) is 0 Å². The van der Waals surface area contributed by atoms with Crippen LogP contribution in [0.2, 0.25) is 0 Å². The third-order valence-corrected chi connectivity index (χ3v) is 4.32. The van der Waals surface area contributed by atoms with E-state index in [4.69, 9.17) is 12.2 Å². The Morgan fingerprint density at radius 3 is 2.46 bits per heavy atom. The van der Waals surface area contributed by atoms with Crippen molar-refractivity contribution in [3.05, 3.63) is 59.9 Å². The second-order valence-electron chi connectivity index (χ2n) is 6.26. The van der Waals surface area contributed by atoms with E-state index in [1.54, 1.807) is 6.20 Å². The normalized spacial score (nSPS) is 12.0. The van der Waals surface area contributed by atoms with Gasteiger partial charge in [0.2, 0.25) is 0 Å². The largest absolute Gasteiger partial charge is 0.341 e. The van der Waals surface area contributed by atoms with E-state index in [1.807, 2.05) is 12.3 Å². The van der Waals surface area contributed by atoms with E-state index in [0.29, 0.717) is 0 Å². The lowest BCUT2D eigenvalue weighted by molar-refractivity contribution is 0.289. The zero-order valence-corrected chi connectivity index (χ0v) is 15.7. The smallest absolute Gasteiger partial charge is 0.173 e. The Morgan fingerprint density at radius 1 is 1.17 bits per heavy atom. The van der Waals surface area contributed by atoms with Crippen LogP contribution in [0.4, 0.5) is 5.69 Å². The number of nitrogens with zero attached hydrogens (tertiary/aromatic N) is 3. The van der Waals surface area contributed by atoms with Crippen molar-refractivity contribution in [2.45, 2.75) is 19.9 Å². The van der Waals surface area contributed by atoms with Gasteiger partial charge in [-0.05, 0) is 63.9 Å². The first-order valence-electron chi connectivity index (χ1n) is 8.16. The summed E-state index contributed by atoms with van der Waals surface area (Å²) in [5.41, 5.74) is 3.41. The number of hydrogen-bond donors (Lipinski definition) is 1. The monoisotopic (exact) mass is 342 g/mol. The molecule has 0 aliphatic rings. The van der Waals surface area contributed by atoms with Crippen LogP contribution in [-0.2, 0) is 0 Å². The summed E-state index contributed by atoms with van der Waals surface area (Å²) in [7, 11) is 4.15. The molecule has 0 aliphatic carbocycles. The van der Waals surface area contributed by atoms with Gasteiger partial charge in [-0.3, -0.25) is 4.98 Å². The second kappa shape index (κ2) is 8.76. The number of hydrogen-bond acceptors (Lipinski definition) is 3. The Morgan fingerprint density at radius 2 is 1.88 bits per heavy atom. The molecule has 1 aromatic heterocycles. The molecule has 4 nitrogen and oxygen atoms in total. The minimum atomic E-state index is 0.157. The van der Waals surface area contributed by atoms with Gasteiger partial charge in [-0.25, -0.2) is 0 Å². The Kier molecular flexibility index (Phi) is 6.70. The highest BCUT2D eigenvalue weighted by Gasteiger charge is 2.19. The molecule has 2 aromatic rings. The first-order chi connectivity index (χ1) is 11.5. The molecular weight excluding hydrogens is 316 g/mol. The molecule has 1 N–H and O–H groups in total. The number of aromatic nitrogens is 1. The second-order valence-corrected chi connectivity index (χ2v) is 6.64. The van der Waals surface area contributed by atoms with Gasteiger partial charge in [-0.2, -0.15) is 0 Å². The molecule has 2 rings (SSSR count). The van der Waals surface area contributed by atoms with Crippen LogP contribution in [-0.4, -0.2) is 47.1 Å². The van der Waals surface area contributed by atoms with E-state index in [9.17, 15) is 0 Å². The zero-order valence-electron chi connectivity index (χ0n) is 14.9. The fraction of sp³-hybridized carbons (Fsp3) is 0.368. The summed E-state index contributed by atoms with van der Waals surface area (Å²) in [6, 6.07) is 12.5. The Hall–Kier alpha value is -1.98. The molecule has 0 saturated carbocycles. The maximum absolute atomic E-state index is 5.69. The van der Waals surface area contributed by atoms with E-state index in [-0.39, 0.29) is 6.04 Å². The molecule has 0 spiro atoms. The molecule has 128 valence electrons. The van der Waals surface area contributed by atoms with Gasteiger partial charge in [0.05, 0.1) is 6.04 Å². The SMILES string of the molecule is Cc1ccc(NC(=S)N(CCN(C)C)[C@@H](C)c2cccnc2)cc1. The highest BCUT2D eigenvalue weighted by molar-refractivity contribution is 7.80. The van der Waals surface area contributed by atoms with E-state index in [2.05, 4.69) is 78.4 Å². The third kappa shape index (κ3) is 5.28. The van der Waals surface area contributed by atoms with Crippen molar-refractivity contribution >= 4 is 23.0 Å². The summed E-state index contributed by atoms with van der Waals surface area (Å²) < 4.78 is 0. The molecule has 0 saturated heterocycles. The van der Waals surface area contributed by atoms with Crippen LogP contribution in [0.15, 0.2) is 48.8 Å². The van der Waals surface area contributed by atoms with Gasteiger partial charge in [0.15, 0.2) is 5.11 Å². The average molecular weight is 343 g/mol. The summed E-state index contributed by atoms with van der Waals surface area (Å²) >= 11 is 5.69. The molecule has 0 radical (unpaired) electrons. The fourth-order valence-electron chi connectivity index (χ4n) is 2.41. The summed E-state index contributed by atoms with van der Waals surface area (Å²) in [5.74, 6) is 0. The maximum atomic E-state index is 5.69. The first-order valence-corrected chi connectivity index (χ1v) is 8.57. The van der Waals surface area contributed by atoms with Gasteiger partial charge >= 0.3 is 0 Å². The lowest BCUT2D eigenvalue weighted by Gasteiger charge is -2.33. The average Bonchev–Trinajstić information content (AvgIpc) is 2.57. The van der Waals surface area contributed by atoms with Gasteiger partial charge in [0, 0.05) is 31.2 Å². The number of anilines is 1. The first kappa shape index (κ1) is 18.4. The molecule has 1 heterocycles. The summed E-state index contributed by atoms with van der Waals surface area (Å²) in [5, 5.41) is 4.10. The van der Waals surface area contributed by atoms with Crippen LogP contribution in [0.1, 0.15) is 24.1 Å². The molecule has 1 aromatic carbocycles. The van der Waals surface area contributed by atoms with Gasteiger partial charge in [0.1, 0.15) is 0 Å². The number of likely N-dealkylation sites (N-methyl/N-ethyl adjacent to an activating group) is 1. The van der Waals surface area contributed by atoms with Crippen LogP contribution < -0.4 is 5.32 Å². The Balaban J connectivity index is 2.14. The van der Waals surface area contributed by atoms with Crippen LogP contribution in [0.3, 0.4) is 0 Å². The number of aryl methyl sites for hydroxylation is 1. The zero-order chi connectivity index (χ0) is 17.5. The highest BCUT2D eigenvalue weighted by atomic mass is 32.1. The highest BCUT2D eigenvalue weighted by Crippen LogP contribution is 2.21. The topological polar surface area (TPSA) is 31.4 Å². The van der Waals surface area contributed by atoms with Gasteiger partial charge in [-0.1, -0.05) is 23.8 Å². The van der Waals surface area contributed by atoms with Crippen LogP contribution in [0, 0.1) is 6.92 Å². The molecule has 0 aliphatic heterocycles. The lowest BCUT2D eigenvalue weighted by Crippen LogP contribution is -2.40. The lowest BCUT2D eigenvalue weighted by atomic mass is 10.1. The molecule has 0 fully saturated rings. The molecule has 1 atom stereocenters. The third-order valence-electron chi connectivity index (χ3n) is 3.99. The van der Waals surface area contributed by atoms with Crippen molar-refractivity contribution in [2.75, 3.05) is 32.5 Å². The van der Waals surface area contributed by atoms with Crippen molar-refractivity contribution in [1.82, 2.24) is 14.8 Å². The van der Waals surface area contributed by atoms with Crippen LogP contribution in [0.5, 0.6) is 0 Å². The molecule has 0 unspecified atom stereocenters. The van der Waals surface area contributed by atoms with Crippen molar-refractivity contribution in [2.24, 2.45) is 0 Å². The molecule has 0 bridgehead atoms. The van der Waals surface area contributed by atoms with E-state index in [1.165, 1.54) is 5.56 Å². The number of pyridine rings is 1. The Bertz CT molecular complexity index is 640. The quantitative estimate of drug-likeness (QED) is 0.809. The summed E-state index contributed by atoms with van der Waals surface area (Å²) in [6.45, 7) is 6.02. The predicted molar refractivity (Wildman–Crippen MR) is 105 cm³/mol. The molecule has 0 amide bonds. The molecule has 24 heavy (non-hydrogen) atoms. The minimum absolute atomic E-state index is 0.157. The van der Waals surface area contributed by atoms with E-state index in [0.717, 1.165) is 29.5 Å². The summed E-state index contributed by atoms with van der Waals surface area (Å²) in [4.78, 5) is 8.61. The van der Waals surface area contributed by atoms with Crippen molar-refractivity contribution in [3.8, 4) is 0 Å². The maximum Gasteiger partial charge on any atom is 0.173 e. The molecule has 5 heteroatoms. The number of thiocarbonyl (C=S) groups is 1.